The van der Waals surface area contributed by atoms with E-state index in [0.717, 1.165) is 16.4 Å². The Morgan fingerprint density at radius 1 is 1.21 bits per heavy atom. The van der Waals surface area contributed by atoms with Crippen LogP contribution >= 0.6 is 0 Å². The van der Waals surface area contributed by atoms with Crippen LogP contribution in [0.1, 0.15) is 18.4 Å². The maximum absolute atomic E-state index is 13.0. The van der Waals surface area contributed by atoms with Crippen molar-refractivity contribution >= 4 is 21.9 Å². The largest absolute Gasteiger partial charge is 0.418 e. The Kier molecular flexibility index (Phi) is 7.86. The number of hydrogen-bond acceptors (Lipinski definition) is 4. The highest BCUT2D eigenvalue weighted by molar-refractivity contribution is 7.86. The van der Waals surface area contributed by atoms with Crippen LogP contribution in [0.3, 0.4) is 0 Å². The van der Waals surface area contributed by atoms with Gasteiger partial charge in [-0.15, -0.1) is 0 Å². The lowest BCUT2D eigenvalue weighted by atomic mass is 10.1. The van der Waals surface area contributed by atoms with Gasteiger partial charge in [0.1, 0.15) is 0 Å². The zero-order valence-corrected chi connectivity index (χ0v) is 17.0. The van der Waals surface area contributed by atoms with Crippen LogP contribution in [0.4, 0.5) is 23.7 Å². The van der Waals surface area contributed by atoms with Gasteiger partial charge in [0.2, 0.25) is 0 Å². The summed E-state index contributed by atoms with van der Waals surface area (Å²) in [5.41, 5.74) is -1.34. The number of alkyl halides is 3. The molecule has 0 radical (unpaired) electrons. The van der Waals surface area contributed by atoms with Crippen LogP contribution in [0, 0.1) is 0 Å². The van der Waals surface area contributed by atoms with E-state index in [0.29, 0.717) is 26.1 Å². The molecule has 1 aromatic rings. The number of anilines is 1. The van der Waals surface area contributed by atoms with Gasteiger partial charge in [0, 0.05) is 46.4 Å². The third-order valence-corrected chi connectivity index (χ3v) is 6.45. The van der Waals surface area contributed by atoms with Crippen LogP contribution in [0.25, 0.3) is 0 Å². The minimum Gasteiger partial charge on any atom is -0.381 e. The Bertz CT molecular complexity index is 796. The van der Waals surface area contributed by atoms with Gasteiger partial charge in [0.05, 0.1) is 11.3 Å². The number of halogens is 3. The van der Waals surface area contributed by atoms with Crippen molar-refractivity contribution in [1.29, 1.82) is 0 Å². The molecule has 2 N–H and O–H groups in total. The van der Waals surface area contributed by atoms with E-state index in [1.54, 1.807) is 0 Å². The molecule has 2 rings (SSSR count). The lowest BCUT2D eigenvalue weighted by molar-refractivity contribution is -0.136. The van der Waals surface area contributed by atoms with Crippen LogP contribution in [0.5, 0.6) is 0 Å². The summed E-state index contributed by atoms with van der Waals surface area (Å²) in [7, 11) is -0.906. The fourth-order valence-corrected chi connectivity index (χ4v) is 4.28. The van der Waals surface area contributed by atoms with E-state index in [1.807, 2.05) is 0 Å². The van der Waals surface area contributed by atoms with Crippen molar-refractivity contribution in [2.45, 2.75) is 25.1 Å². The molecule has 1 saturated heterocycles. The maximum atomic E-state index is 13.0. The van der Waals surface area contributed by atoms with E-state index < -0.39 is 28.0 Å². The lowest BCUT2D eigenvalue weighted by Crippen LogP contribution is -2.50. The third-order valence-electron chi connectivity index (χ3n) is 4.45. The van der Waals surface area contributed by atoms with E-state index in [-0.39, 0.29) is 24.8 Å². The number of amides is 2. The first kappa shape index (κ1) is 23.4. The van der Waals surface area contributed by atoms with Crippen LogP contribution in [-0.4, -0.2) is 69.5 Å². The molecule has 1 aromatic carbocycles. The Balaban J connectivity index is 2.00. The average molecular weight is 438 g/mol. The summed E-state index contributed by atoms with van der Waals surface area (Å²) in [4.78, 5) is 12.0. The quantitative estimate of drug-likeness (QED) is 0.682. The zero-order chi connectivity index (χ0) is 21.7. The van der Waals surface area contributed by atoms with Gasteiger partial charge in [-0.2, -0.15) is 30.2 Å². The number of hydrogen-bond donors (Lipinski definition) is 2. The summed E-state index contributed by atoms with van der Waals surface area (Å²) in [5, 5.41) is 4.58. The summed E-state index contributed by atoms with van der Waals surface area (Å²) >= 11 is 0. The molecule has 0 bridgehead atoms. The number of carbonyl (C=O) groups excluding carboxylic acids is 1. The zero-order valence-electron chi connectivity index (χ0n) is 16.2. The van der Waals surface area contributed by atoms with E-state index >= 15 is 0 Å². The number of carbonyl (C=O) groups is 1. The number of nitrogens with zero attached hydrogens (tertiary/aromatic N) is 2. The first-order valence-electron chi connectivity index (χ1n) is 9.01. The van der Waals surface area contributed by atoms with Crippen molar-refractivity contribution < 1.29 is 31.1 Å². The number of ether oxygens (including phenoxy) is 1. The molecule has 0 aliphatic carbocycles. The van der Waals surface area contributed by atoms with E-state index in [2.05, 4.69) is 10.6 Å². The van der Waals surface area contributed by atoms with Crippen LogP contribution in [-0.2, 0) is 21.1 Å². The molecule has 12 heteroatoms. The van der Waals surface area contributed by atoms with Crippen molar-refractivity contribution in [3.05, 3.63) is 29.8 Å². The maximum Gasteiger partial charge on any atom is 0.418 e. The van der Waals surface area contributed by atoms with Gasteiger partial charge in [-0.25, -0.2) is 4.79 Å². The van der Waals surface area contributed by atoms with E-state index in [1.165, 1.54) is 30.5 Å². The van der Waals surface area contributed by atoms with Crippen molar-refractivity contribution in [3.8, 4) is 0 Å². The topological polar surface area (TPSA) is 91.0 Å². The van der Waals surface area contributed by atoms with Gasteiger partial charge >= 0.3 is 12.2 Å². The molecular formula is C17H25F3N4O4S. The molecule has 8 nitrogen and oxygen atoms in total. The number of rotatable bonds is 7. The second-order valence-corrected chi connectivity index (χ2v) is 8.76. The molecule has 1 fully saturated rings. The normalized spacial score (nSPS) is 16.2. The second-order valence-electron chi connectivity index (χ2n) is 6.67. The molecule has 2 amide bonds. The third kappa shape index (κ3) is 6.29. The van der Waals surface area contributed by atoms with Gasteiger partial charge in [0.25, 0.3) is 10.2 Å². The fraction of sp³-hybridized carbons (Fsp3) is 0.588. The van der Waals surface area contributed by atoms with Crippen molar-refractivity contribution in [2.24, 2.45) is 0 Å². The predicted molar refractivity (Wildman–Crippen MR) is 102 cm³/mol. The standard InChI is InChI=1S/C17H25F3N4O4S/c1-23(2)29(26,27)24(13-7-11-28-12-8-13)10-9-21-16(25)22-15-6-4-3-5-14(15)17(18,19)20/h3-6,13H,7-12H2,1-2H3,(H2,21,22,25). The smallest absolute Gasteiger partial charge is 0.381 e. The summed E-state index contributed by atoms with van der Waals surface area (Å²) in [6.45, 7) is 0.794. The number of nitrogens with one attached hydrogen (secondary N) is 2. The Hall–Kier alpha value is -1.89. The predicted octanol–water partition coefficient (Wildman–Crippen LogP) is 2.11. The molecule has 29 heavy (non-hydrogen) atoms. The SMILES string of the molecule is CN(C)S(=O)(=O)N(CCNC(=O)Nc1ccccc1C(F)(F)F)C1CCOCC1. The molecule has 0 saturated carbocycles. The Labute approximate surface area is 168 Å². The van der Waals surface area contributed by atoms with Crippen molar-refractivity contribution in [1.82, 2.24) is 13.9 Å². The Morgan fingerprint density at radius 3 is 2.41 bits per heavy atom. The number of benzene rings is 1. The van der Waals surface area contributed by atoms with E-state index in [9.17, 15) is 26.4 Å². The first-order valence-corrected chi connectivity index (χ1v) is 10.4. The van der Waals surface area contributed by atoms with Gasteiger partial charge in [-0.1, -0.05) is 12.1 Å². The monoisotopic (exact) mass is 438 g/mol. The summed E-state index contributed by atoms with van der Waals surface area (Å²) in [6.07, 6.45) is -3.56. The molecule has 1 aliphatic heterocycles. The molecule has 164 valence electrons. The van der Waals surface area contributed by atoms with E-state index in [4.69, 9.17) is 4.74 Å². The highest BCUT2D eigenvalue weighted by Crippen LogP contribution is 2.34. The summed E-state index contributed by atoms with van der Waals surface area (Å²) in [6, 6.07) is 3.49. The lowest BCUT2D eigenvalue weighted by Gasteiger charge is -2.34. The molecule has 0 spiro atoms. The van der Waals surface area contributed by atoms with Crippen LogP contribution in [0.15, 0.2) is 24.3 Å². The highest BCUT2D eigenvalue weighted by atomic mass is 32.2. The fourth-order valence-electron chi connectivity index (χ4n) is 2.95. The van der Waals surface area contributed by atoms with Gasteiger partial charge in [-0.05, 0) is 25.0 Å². The summed E-state index contributed by atoms with van der Waals surface area (Å²) in [5.74, 6) is 0. The molecular weight excluding hydrogens is 413 g/mol. The van der Waals surface area contributed by atoms with Crippen LogP contribution < -0.4 is 10.6 Å². The minimum absolute atomic E-state index is 0.0144. The Morgan fingerprint density at radius 2 is 1.83 bits per heavy atom. The molecule has 0 unspecified atom stereocenters. The van der Waals surface area contributed by atoms with Crippen molar-refractivity contribution in [2.75, 3.05) is 45.7 Å². The summed E-state index contributed by atoms with van der Waals surface area (Å²) < 4.78 is 71.9. The average Bonchev–Trinajstić information content (AvgIpc) is 2.65. The van der Waals surface area contributed by atoms with Crippen LogP contribution in [0.2, 0.25) is 0 Å². The molecule has 0 aromatic heterocycles. The highest BCUT2D eigenvalue weighted by Gasteiger charge is 2.34. The van der Waals surface area contributed by atoms with Gasteiger partial charge in [0.15, 0.2) is 0 Å². The van der Waals surface area contributed by atoms with Crippen molar-refractivity contribution in [3.63, 3.8) is 0 Å². The minimum atomic E-state index is -4.61. The molecule has 0 atom stereocenters. The second kappa shape index (κ2) is 9.74. The molecule has 1 aliphatic rings. The van der Waals surface area contributed by atoms with Gasteiger partial charge in [-0.3, -0.25) is 0 Å². The first-order chi connectivity index (χ1) is 13.5. The molecule has 1 heterocycles. The number of urea groups is 1. The van der Waals surface area contributed by atoms with Gasteiger partial charge < -0.3 is 15.4 Å². The number of para-hydroxylation sites is 1.